The van der Waals surface area contributed by atoms with Gasteiger partial charge >= 0.3 is 0 Å². The number of carbonyl (C=O) groups is 2. The lowest BCUT2D eigenvalue weighted by Gasteiger charge is -1.95. The molecule has 0 saturated heterocycles. The molecule has 0 radical (unpaired) electrons. The van der Waals surface area contributed by atoms with Gasteiger partial charge in [-0.3, -0.25) is 9.59 Å². The minimum absolute atomic E-state index is 0.140. The molecule has 0 unspecified atom stereocenters. The lowest BCUT2D eigenvalue weighted by Crippen LogP contribution is -2.04. The summed E-state index contributed by atoms with van der Waals surface area (Å²) in [7, 11) is 0. The first-order chi connectivity index (χ1) is 9.95. The van der Waals surface area contributed by atoms with Crippen molar-refractivity contribution in [2.75, 3.05) is 11.1 Å². The molecule has 1 heterocycles. The molecule has 0 spiro atoms. The first kappa shape index (κ1) is 14.9. The highest BCUT2D eigenvalue weighted by Crippen LogP contribution is 2.23. The number of aromatic nitrogens is 1. The largest absolute Gasteiger partial charge is 0.399 e. The molecule has 5 nitrogen and oxygen atoms in total. The minimum atomic E-state index is -0.208. The van der Waals surface area contributed by atoms with Crippen LogP contribution in [0.15, 0.2) is 30.3 Å². The number of thiazole rings is 1. The molecule has 0 aliphatic carbocycles. The van der Waals surface area contributed by atoms with Crippen molar-refractivity contribution in [3.8, 4) is 0 Å². The molecule has 1 aromatic carbocycles. The number of benzene rings is 1. The van der Waals surface area contributed by atoms with E-state index in [2.05, 4.69) is 10.3 Å². The van der Waals surface area contributed by atoms with Crippen molar-refractivity contribution in [3.63, 3.8) is 0 Å². The topological polar surface area (TPSA) is 85.1 Å². The van der Waals surface area contributed by atoms with Crippen molar-refractivity contribution in [2.45, 2.75) is 13.8 Å². The van der Waals surface area contributed by atoms with Gasteiger partial charge in [-0.1, -0.05) is 29.5 Å². The molecular weight excluding hydrogens is 286 g/mol. The standard InChI is InChI=1S/C15H15N3O2S/c1-9-14(21-15(17-9)18-10(2)19)13(20)8-5-11-3-6-12(16)7-4-11/h3-8H,16H2,1-2H3,(H,17,18,19). The third-order valence-electron chi connectivity index (χ3n) is 2.67. The van der Waals surface area contributed by atoms with E-state index in [0.717, 1.165) is 5.56 Å². The van der Waals surface area contributed by atoms with Gasteiger partial charge < -0.3 is 11.1 Å². The Morgan fingerprint density at radius 3 is 2.57 bits per heavy atom. The van der Waals surface area contributed by atoms with Gasteiger partial charge in [-0.05, 0) is 30.7 Å². The Balaban J connectivity index is 2.14. The normalized spacial score (nSPS) is 10.8. The van der Waals surface area contributed by atoms with E-state index in [9.17, 15) is 9.59 Å². The lowest BCUT2D eigenvalue weighted by molar-refractivity contribution is -0.114. The van der Waals surface area contributed by atoms with E-state index < -0.39 is 0 Å². The van der Waals surface area contributed by atoms with Crippen molar-refractivity contribution < 1.29 is 9.59 Å². The lowest BCUT2D eigenvalue weighted by atomic mass is 10.1. The van der Waals surface area contributed by atoms with Crippen LogP contribution in [0.3, 0.4) is 0 Å². The SMILES string of the molecule is CC(=O)Nc1nc(C)c(C(=O)C=Cc2ccc(N)cc2)s1. The summed E-state index contributed by atoms with van der Waals surface area (Å²) in [6, 6.07) is 7.22. The summed E-state index contributed by atoms with van der Waals surface area (Å²) in [6.45, 7) is 3.14. The quantitative estimate of drug-likeness (QED) is 0.516. The minimum Gasteiger partial charge on any atom is -0.399 e. The van der Waals surface area contributed by atoms with Gasteiger partial charge in [-0.25, -0.2) is 4.98 Å². The smallest absolute Gasteiger partial charge is 0.223 e. The number of nitrogens with zero attached hydrogens (tertiary/aromatic N) is 1. The van der Waals surface area contributed by atoms with Gasteiger partial charge in [0.15, 0.2) is 10.9 Å². The Kier molecular flexibility index (Phi) is 4.49. The number of anilines is 2. The highest BCUT2D eigenvalue weighted by Gasteiger charge is 2.13. The molecule has 3 N–H and O–H groups in total. The molecule has 0 fully saturated rings. The highest BCUT2D eigenvalue weighted by molar-refractivity contribution is 7.17. The van der Waals surface area contributed by atoms with Crippen molar-refractivity contribution in [2.24, 2.45) is 0 Å². The molecule has 0 aliphatic heterocycles. The third kappa shape index (κ3) is 4.00. The number of allylic oxidation sites excluding steroid dienone is 1. The Hall–Kier alpha value is -2.47. The number of nitrogen functional groups attached to an aromatic ring is 1. The Morgan fingerprint density at radius 1 is 1.29 bits per heavy atom. The van der Waals surface area contributed by atoms with Gasteiger partial charge in [0, 0.05) is 12.6 Å². The zero-order valence-electron chi connectivity index (χ0n) is 11.7. The second kappa shape index (κ2) is 6.32. The molecule has 0 saturated carbocycles. The van der Waals surface area contributed by atoms with E-state index in [1.165, 1.54) is 24.3 Å². The first-order valence-corrected chi connectivity index (χ1v) is 7.10. The van der Waals surface area contributed by atoms with E-state index in [1.807, 2.05) is 12.1 Å². The van der Waals surface area contributed by atoms with Crippen LogP contribution in [-0.2, 0) is 4.79 Å². The number of amides is 1. The second-order valence-electron chi connectivity index (χ2n) is 4.48. The van der Waals surface area contributed by atoms with Crippen molar-refractivity contribution in [1.82, 2.24) is 4.98 Å². The third-order valence-corrected chi connectivity index (χ3v) is 3.75. The van der Waals surface area contributed by atoms with E-state index >= 15 is 0 Å². The summed E-state index contributed by atoms with van der Waals surface area (Å²) in [4.78, 5) is 27.8. The molecule has 2 aromatic rings. The fraction of sp³-hybridized carbons (Fsp3) is 0.133. The summed E-state index contributed by atoms with van der Waals surface area (Å²) < 4.78 is 0. The van der Waals surface area contributed by atoms with Crippen LogP contribution in [0.2, 0.25) is 0 Å². The van der Waals surface area contributed by atoms with Crippen LogP contribution in [0, 0.1) is 6.92 Å². The van der Waals surface area contributed by atoms with Crippen LogP contribution in [-0.4, -0.2) is 16.7 Å². The van der Waals surface area contributed by atoms with Gasteiger partial charge in [0.1, 0.15) is 0 Å². The van der Waals surface area contributed by atoms with E-state index in [-0.39, 0.29) is 11.7 Å². The highest BCUT2D eigenvalue weighted by atomic mass is 32.1. The maximum atomic E-state index is 12.2. The summed E-state index contributed by atoms with van der Waals surface area (Å²) in [5, 5.41) is 3.01. The Labute approximate surface area is 126 Å². The predicted molar refractivity (Wildman–Crippen MR) is 85.4 cm³/mol. The van der Waals surface area contributed by atoms with Crippen LogP contribution in [0.4, 0.5) is 10.8 Å². The van der Waals surface area contributed by atoms with Gasteiger partial charge in [0.2, 0.25) is 5.91 Å². The zero-order chi connectivity index (χ0) is 15.4. The average molecular weight is 301 g/mol. The number of nitrogens with one attached hydrogen (secondary N) is 1. The molecule has 0 aliphatic rings. The number of hydrogen-bond acceptors (Lipinski definition) is 5. The number of hydrogen-bond donors (Lipinski definition) is 2. The number of rotatable bonds is 4. The number of ketones is 1. The molecule has 108 valence electrons. The van der Waals surface area contributed by atoms with Gasteiger partial charge in [-0.15, -0.1) is 0 Å². The van der Waals surface area contributed by atoms with E-state index in [4.69, 9.17) is 5.73 Å². The van der Waals surface area contributed by atoms with Gasteiger partial charge in [-0.2, -0.15) is 0 Å². The zero-order valence-corrected chi connectivity index (χ0v) is 12.5. The number of aryl methyl sites for hydroxylation is 1. The molecule has 0 bridgehead atoms. The molecule has 1 amide bonds. The van der Waals surface area contributed by atoms with Crippen molar-refractivity contribution >= 4 is 39.9 Å². The maximum Gasteiger partial charge on any atom is 0.223 e. The van der Waals surface area contributed by atoms with Crippen molar-refractivity contribution in [3.05, 3.63) is 46.5 Å². The number of carbonyl (C=O) groups excluding carboxylic acids is 2. The van der Waals surface area contributed by atoms with E-state index in [0.29, 0.717) is 21.4 Å². The summed E-state index contributed by atoms with van der Waals surface area (Å²) in [5.74, 6) is -0.349. The summed E-state index contributed by atoms with van der Waals surface area (Å²) in [6.07, 6.45) is 3.21. The number of nitrogens with two attached hydrogens (primary N) is 1. The Bertz CT molecular complexity index is 702. The maximum absolute atomic E-state index is 12.2. The van der Waals surface area contributed by atoms with Crippen LogP contribution >= 0.6 is 11.3 Å². The molecule has 0 atom stereocenters. The van der Waals surface area contributed by atoms with Crippen LogP contribution in [0.25, 0.3) is 6.08 Å². The monoisotopic (exact) mass is 301 g/mol. The van der Waals surface area contributed by atoms with Crippen LogP contribution in [0.1, 0.15) is 27.9 Å². The molecule has 21 heavy (non-hydrogen) atoms. The van der Waals surface area contributed by atoms with Gasteiger partial charge in [0.05, 0.1) is 10.6 Å². The van der Waals surface area contributed by atoms with E-state index in [1.54, 1.807) is 25.1 Å². The van der Waals surface area contributed by atoms with Gasteiger partial charge in [0.25, 0.3) is 0 Å². The molecule has 2 rings (SSSR count). The average Bonchev–Trinajstić information content (AvgIpc) is 2.77. The first-order valence-electron chi connectivity index (χ1n) is 6.28. The molecular formula is C15H15N3O2S. The predicted octanol–water partition coefficient (Wildman–Crippen LogP) is 2.89. The second-order valence-corrected chi connectivity index (χ2v) is 5.48. The molecule has 1 aromatic heterocycles. The van der Waals surface area contributed by atoms with Crippen LogP contribution < -0.4 is 11.1 Å². The Morgan fingerprint density at radius 2 is 1.95 bits per heavy atom. The summed E-state index contributed by atoms with van der Waals surface area (Å²) in [5.41, 5.74) is 7.78. The van der Waals surface area contributed by atoms with Crippen LogP contribution in [0.5, 0.6) is 0 Å². The fourth-order valence-corrected chi connectivity index (χ4v) is 2.62. The van der Waals surface area contributed by atoms with Crippen molar-refractivity contribution in [1.29, 1.82) is 0 Å². The fourth-order valence-electron chi connectivity index (χ4n) is 1.68. The summed E-state index contributed by atoms with van der Waals surface area (Å²) >= 11 is 1.17. The molecule has 6 heteroatoms.